The molecule has 1 aromatic heterocycles. The maximum absolute atomic E-state index is 15.1. The Morgan fingerprint density at radius 2 is 1.49 bits per heavy atom. The van der Waals surface area contributed by atoms with Crippen molar-refractivity contribution in [2.75, 3.05) is 40.9 Å². The zero-order valence-electron chi connectivity index (χ0n) is 42.1. The Kier molecular flexibility index (Phi) is 18.2. The normalized spacial score (nSPS) is 21.3. The number of carbonyl (C=O) groups is 5. The van der Waals surface area contributed by atoms with E-state index in [0.717, 1.165) is 47.8 Å². The van der Waals surface area contributed by atoms with Crippen molar-refractivity contribution in [3.05, 3.63) is 136 Å². The van der Waals surface area contributed by atoms with Crippen molar-refractivity contribution in [2.24, 2.45) is 5.92 Å². The van der Waals surface area contributed by atoms with E-state index in [1.54, 1.807) is 56.3 Å². The first-order valence-corrected chi connectivity index (χ1v) is 25.3. The topological polar surface area (TPSA) is 159 Å². The van der Waals surface area contributed by atoms with Crippen LogP contribution in [0, 0.1) is 5.92 Å². The number of hydrogen-bond acceptors (Lipinski definition) is 9. The highest BCUT2D eigenvalue weighted by Gasteiger charge is 2.36. The number of carbonyl (C=O) groups excluding carboxylic acids is 5. The number of nitrogens with one attached hydrogen (secondary N) is 2. The van der Waals surface area contributed by atoms with Gasteiger partial charge in [-0.3, -0.25) is 28.9 Å². The molecular formula is C55H66Cl2N8O7. The number of nitrogens with zero attached hydrogens (tertiary/aromatic N) is 6. The Morgan fingerprint density at radius 3 is 2.18 bits per heavy atom. The monoisotopic (exact) mass is 1020 g/mol. The van der Waals surface area contributed by atoms with Crippen LogP contribution in [0.5, 0.6) is 11.5 Å². The van der Waals surface area contributed by atoms with Crippen LogP contribution in [0.2, 0.25) is 10.0 Å². The van der Waals surface area contributed by atoms with Crippen molar-refractivity contribution in [2.45, 2.75) is 103 Å². The van der Waals surface area contributed by atoms with Gasteiger partial charge >= 0.3 is 0 Å². The van der Waals surface area contributed by atoms with E-state index in [0.29, 0.717) is 39.6 Å². The number of methoxy groups -OCH3 is 1. The van der Waals surface area contributed by atoms with E-state index in [9.17, 15) is 19.2 Å². The summed E-state index contributed by atoms with van der Waals surface area (Å²) in [5.41, 5.74) is 4.23. The highest BCUT2D eigenvalue weighted by Crippen LogP contribution is 2.33. The summed E-state index contributed by atoms with van der Waals surface area (Å²) in [4.78, 5) is 84.1. The molecule has 1 fully saturated rings. The van der Waals surface area contributed by atoms with E-state index in [-0.39, 0.29) is 50.8 Å². The molecule has 2 aliphatic heterocycles. The lowest BCUT2D eigenvalue weighted by molar-refractivity contribution is -0.147. The van der Waals surface area contributed by atoms with Crippen LogP contribution in [0.15, 0.2) is 103 Å². The van der Waals surface area contributed by atoms with Crippen molar-refractivity contribution in [1.82, 2.24) is 39.8 Å². The maximum atomic E-state index is 15.1. The molecule has 0 unspecified atom stereocenters. The minimum absolute atomic E-state index is 0.0716. The van der Waals surface area contributed by atoms with Gasteiger partial charge in [0.1, 0.15) is 29.4 Å². The van der Waals surface area contributed by atoms with Crippen LogP contribution in [0.4, 0.5) is 0 Å². The second-order valence-electron chi connectivity index (χ2n) is 19.2. The highest BCUT2D eigenvalue weighted by molar-refractivity contribution is 6.31. The second kappa shape index (κ2) is 24.4. The van der Waals surface area contributed by atoms with Gasteiger partial charge in [0.2, 0.25) is 29.5 Å². The molecule has 1 saturated heterocycles. The van der Waals surface area contributed by atoms with Crippen molar-refractivity contribution >= 4 is 52.7 Å². The Bertz CT molecular complexity index is 2680. The molecule has 0 spiro atoms. The molecule has 0 aliphatic carbocycles. The SMILES string of the molecule is COC[C@@H]1NC(=O)[C@H](C)N(Cc2ccc(Cl)cc2Oc2ccc(-c3cnc4n3CCN(C(C)C)C4)cc2)C(=O)C[C@@H](Cc2ccccc2)C(=O)N(C)[C@@H](C)CNC(=O)C[C@H](Cc2ccc(Cl)cc2)N(C)C1=O. The van der Waals surface area contributed by atoms with E-state index in [1.165, 1.54) is 16.9 Å². The Labute approximate surface area is 432 Å². The molecular weight excluding hydrogens is 956 g/mol. The largest absolute Gasteiger partial charge is 0.457 e. The predicted molar refractivity (Wildman–Crippen MR) is 278 cm³/mol. The summed E-state index contributed by atoms with van der Waals surface area (Å²) in [5, 5.41) is 6.77. The quantitative estimate of drug-likeness (QED) is 0.130. The van der Waals surface area contributed by atoms with E-state index < -0.39 is 47.8 Å². The van der Waals surface area contributed by atoms with Gasteiger partial charge in [-0.1, -0.05) is 71.7 Å². The molecule has 382 valence electrons. The number of ether oxygens (including phenoxy) is 2. The van der Waals surface area contributed by atoms with Crippen LogP contribution in [0.1, 0.15) is 63.1 Å². The van der Waals surface area contributed by atoms with Gasteiger partial charge in [-0.25, -0.2) is 4.98 Å². The average molecular weight is 1020 g/mol. The zero-order valence-corrected chi connectivity index (χ0v) is 43.7. The van der Waals surface area contributed by atoms with Crippen molar-refractivity contribution in [3.63, 3.8) is 0 Å². The van der Waals surface area contributed by atoms with Crippen LogP contribution in [0.25, 0.3) is 11.3 Å². The minimum atomic E-state index is -1.19. The number of imidazole rings is 1. The predicted octanol–water partition coefficient (Wildman–Crippen LogP) is 7.41. The van der Waals surface area contributed by atoms with Crippen LogP contribution in [-0.2, 0) is 61.2 Å². The number of benzene rings is 4. The van der Waals surface area contributed by atoms with Crippen molar-refractivity contribution < 1.29 is 33.4 Å². The lowest BCUT2D eigenvalue weighted by Crippen LogP contribution is -2.57. The fourth-order valence-electron chi connectivity index (χ4n) is 9.25. The van der Waals surface area contributed by atoms with Gasteiger partial charge in [0.05, 0.1) is 37.5 Å². The summed E-state index contributed by atoms with van der Waals surface area (Å²) in [6.45, 7) is 10.2. The summed E-state index contributed by atoms with van der Waals surface area (Å²) >= 11 is 12.8. The van der Waals surface area contributed by atoms with Crippen LogP contribution in [0.3, 0.4) is 0 Å². The molecule has 5 atom stereocenters. The molecule has 17 heteroatoms. The average Bonchev–Trinajstić information content (AvgIpc) is 3.80. The lowest BCUT2D eigenvalue weighted by Gasteiger charge is -2.35. The van der Waals surface area contributed by atoms with E-state index in [2.05, 4.69) is 33.9 Å². The summed E-state index contributed by atoms with van der Waals surface area (Å²) < 4.78 is 14.3. The van der Waals surface area contributed by atoms with E-state index >= 15 is 4.79 Å². The first-order valence-electron chi connectivity index (χ1n) is 24.5. The third-order valence-corrected chi connectivity index (χ3v) is 14.4. The number of hydrogen-bond donors (Lipinski definition) is 2. The smallest absolute Gasteiger partial charge is 0.247 e. The van der Waals surface area contributed by atoms with Crippen molar-refractivity contribution in [1.29, 1.82) is 0 Å². The maximum Gasteiger partial charge on any atom is 0.247 e. The van der Waals surface area contributed by atoms with Gasteiger partial charge in [-0.15, -0.1) is 0 Å². The first-order chi connectivity index (χ1) is 34.5. The number of halogens is 2. The molecule has 72 heavy (non-hydrogen) atoms. The van der Waals surface area contributed by atoms with Crippen LogP contribution >= 0.6 is 23.2 Å². The van der Waals surface area contributed by atoms with Crippen LogP contribution < -0.4 is 15.4 Å². The first kappa shape index (κ1) is 53.5. The molecule has 5 aromatic rings. The fourth-order valence-corrected chi connectivity index (χ4v) is 9.54. The second-order valence-corrected chi connectivity index (χ2v) is 20.1. The molecule has 15 nitrogen and oxygen atoms in total. The molecule has 5 amide bonds. The summed E-state index contributed by atoms with van der Waals surface area (Å²) in [7, 11) is 4.67. The number of fused-ring (bicyclic) bond motifs is 1. The number of likely N-dealkylation sites (N-methyl/N-ethyl adjacent to an activating group) is 2. The minimum Gasteiger partial charge on any atom is -0.457 e. The third kappa shape index (κ3) is 13.4. The highest BCUT2D eigenvalue weighted by atomic mass is 35.5. The molecule has 3 heterocycles. The lowest BCUT2D eigenvalue weighted by atomic mass is 9.93. The Hall–Kier alpha value is -6.26. The molecule has 7 rings (SSSR count). The van der Waals surface area contributed by atoms with Gasteiger partial charge < -0.3 is 39.4 Å². The molecule has 0 radical (unpaired) electrons. The molecule has 2 N–H and O–H groups in total. The van der Waals surface area contributed by atoms with E-state index in [1.807, 2.05) is 79.9 Å². The van der Waals surface area contributed by atoms with Gasteiger partial charge in [-0.05, 0) is 100 Å². The summed E-state index contributed by atoms with van der Waals surface area (Å²) in [5.74, 6) is -1.19. The molecule has 2 aliphatic rings. The standard InChI is InChI=1S/C55H66Cl2N8O7/c1-35(2)63-23-24-64-48(31-58-50(64)33-63)40-16-21-46(22-17-40)72-49-28-44(57)20-15-41(49)32-65-37(4)53(68)60-47(34-71-7)55(70)62(6)45(26-39-13-18-43(56)19-14-39)29-51(66)59-30-36(3)61(5)54(69)42(27-52(65)67)25-38-11-9-8-10-12-38/h8-22,28,31,35-37,42,45,47H,23-27,29-30,32-34H2,1-7H3,(H,59,66)(H,60,68)/t36-,37-,42+,45-,47-/m0/s1. The van der Waals surface area contributed by atoms with E-state index in [4.69, 9.17) is 37.7 Å². The van der Waals surface area contributed by atoms with Gasteiger partial charge in [0.15, 0.2) is 0 Å². The number of amides is 5. The number of aromatic nitrogens is 2. The molecule has 0 saturated carbocycles. The molecule has 4 aromatic carbocycles. The zero-order chi connectivity index (χ0) is 51.6. The van der Waals surface area contributed by atoms with Gasteiger partial charge in [0, 0.05) is 93.0 Å². The summed E-state index contributed by atoms with van der Waals surface area (Å²) in [6.07, 6.45) is 2.11. The van der Waals surface area contributed by atoms with Crippen LogP contribution in [-0.4, -0.2) is 130 Å². The van der Waals surface area contributed by atoms with Crippen molar-refractivity contribution in [3.8, 4) is 22.8 Å². The number of rotatable bonds is 12. The Balaban J connectivity index is 1.21. The Morgan fingerprint density at radius 1 is 0.792 bits per heavy atom. The summed E-state index contributed by atoms with van der Waals surface area (Å²) in [6, 6.07) is 26.3. The van der Waals surface area contributed by atoms with Gasteiger partial charge in [-0.2, -0.15) is 0 Å². The third-order valence-electron chi connectivity index (χ3n) is 13.9. The molecule has 0 bridgehead atoms. The van der Waals surface area contributed by atoms with Gasteiger partial charge in [0.25, 0.3) is 0 Å². The fraction of sp³-hybridized carbons (Fsp3) is 0.418.